The summed E-state index contributed by atoms with van der Waals surface area (Å²) in [5, 5.41) is 0. The summed E-state index contributed by atoms with van der Waals surface area (Å²) in [7, 11) is 0. The van der Waals surface area contributed by atoms with Crippen LogP contribution in [0.3, 0.4) is 0 Å². The van der Waals surface area contributed by atoms with Crippen LogP contribution in [0.15, 0.2) is 4.47 Å². The molecule has 1 atom stereocenters. The van der Waals surface area contributed by atoms with Gasteiger partial charge in [-0.1, -0.05) is 20.3 Å². The molecule has 1 aromatic heterocycles. The highest BCUT2D eigenvalue weighted by atomic mass is 79.9. The van der Waals surface area contributed by atoms with Crippen molar-refractivity contribution in [3.8, 4) is 0 Å². The number of aromatic nitrogens is 2. The zero-order valence-electron chi connectivity index (χ0n) is 12.2. The Hall–Kier alpha value is -0.720. The smallest absolute Gasteiger partial charge is 0.161 e. The van der Waals surface area contributed by atoms with Crippen LogP contribution >= 0.6 is 15.9 Å². The third-order valence-electron chi connectivity index (χ3n) is 3.43. The topological polar surface area (TPSA) is 64.3 Å². The SMILES string of the molecule is CCCc1nc(C2CN(CCC)CCO2)nc(N)c1Br. The summed E-state index contributed by atoms with van der Waals surface area (Å²) in [6.45, 7) is 7.97. The maximum atomic E-state index is 5.98. The first kappa shape index (κ1) is 15.7. The summed E-state index contributed by atoms with van der Waals surface area (Å²) in [5.41, 5.74) is 6.96. The molecule has 20 heavy (non-hydrogen) atoms. The van der Waals surface area contributed by atoms with Gasteiger partial charge in [-0.25, -0.2) is 9.97 Å². The van der Waals surface area contributed by atoms with Crippen LogP contribution in [0.1, 0.15) is 44.3 Å². The number of hydrogen-bond donors (Lipinski definition) is 1. The van der Waals surface area contributed by atoms with Gasteiger partial charge in [0.15, 0.2) is 5.82 Å². The second kappa shape index (κ2) is 7.33. The number of rotatable bonds is 5. The Morgan fingerprint density at radius 1 is 1.35 bits per heavy atom. The number of ether oxygens (including phenoxy) is 1. The fraction of sp³-hybridized carbons (Fsp3) is 0.714. The Kier molecular flexibility index (Phi) is 5.74. The normalized spacial score (nSPS) is 20.2. The lowest BCUT2D eigenvalue weighted by molar-refractivity contribution is -0.0342. The molecule has 1 fully saturated rings. The molecular formula is C14H23BrN4O. The van der Waals surface area contributed by atoms with Crippen molar-refractivity contribution in [1.82, 2.24) is 14.9 Å². The van der Waals surface area contributed by atoms with Crippen molar-refractivity contribution in [3.63, 3.8) is 0 Å². The van der Waals surface area contributed by atoms with E-state index in [1.54, 1.807) is 0 Å². The fourth-order valence-electron chi connectivity index (χ4n) is 2.46. The van der Waals surface area contributed by atoms with Crippen molar-refractivity contribution in [3.05, 3.63) is 16.0 Å². The molecular weight excluding hydrogens is 320 g/mol. The van der Waals surface area contributed by atoms with Crippen molar-refractivity contribution >= 4 is 21.7 Å². The predicted octanol–water partition coefficient (Wildman–Crippen LogP) is 2.56. The number of halogens is 1. The first-order valence-electron chi connectivity index (χ1n) is 7.31. The van der Waals surface area contributed by atoms with E-state index >= 15 is 0 Å². The van der Waals surface area contributed by atoms with Crippen molar-refractivity contribution in [1.29, 1.82) is 0 Å². The zero-order valence-corrected chi connectivity index (χ0v) is 13.8. The Balaban J connectivity index is 2.19. The van der Waals surface area contributed by atoms with Gasteiger partial charge in [-0.15, -0.1) is 0 Å². The lowest BCUT2D eigenvalue weighted by Gasteiger charge is -2.32. The minimum Gasteiger partial charge on any atom is -0.383 e. The van der Waals surface area contributed by atoms with Crippen LogP contribution in [-0.4, -0.2) is 41.1 Å². The number of nitrogens with two attached hydrogens (primary N) is 1. The average molecular weight is 343 g/mol. The fourth-order valence-corrected chi connectivity index (χ4v) is 2.83. The number of nitrogen functional groups attached to an aromatic ring is 1. The zero-order chi connectivity index (χ0) is 14.5. The van der Waals surface area contributed by atoms with Crippen LogP contribution in [0.2, 0.25) is 0 Å². The van der Waals surface area contributed by atoms with Gasteiger partial charge in [0.25, 0.3) is 0 Å². The number of anilines is 1. The lowest BCUT2D eigenvalue weighted by atomic mass is 10.2. The van der Waals surface area contributed by atoms with E-state index < -0.39 is 0 Å². The largest absolute Gasteiger partial charge is 0.383 e. The summed E-state index contributed by atoms with van der Waals surface area (Å²) in [6, 6.07) is 0. The van der Waals surface area contributed by atoms with E-state index in [2.05, 4.69) is 44.6 Å². The molecule has 1 unspecified atom stereocenters. The van der Waals surface area contributed by atoms with Crippen LogP contribution < -0.4 is 5.73 Å². The minimum atomic E-state index is -0.0682. The van der Waals surface area contributed by atoms with Crippen LogP contribution in [-0.2, 0) is 11.2 Å². The number of hydrogen-bond acceptors (Lipinski definition) is 5. The Labute approximate surface area is 129 Å². The molecule has 2 heterocycles. The second-order valence-corrected chi connectivity index (χ2v) is 5.93. The Morgan fingerprint density at radius 2 is 2.15 bits per heavy atom. The van der Waals surface area contributed by atoms with Crippen LogP contribution in [0, 0.1) is 0 Å². The molecule has 2 N–H and O–H groups in total. The molecule has 2 rings (SSSR count). The quantitative estimate of drug-likeness (QED) is 0.890. The van der Waals surface area contributed by atoms with Crippen molar-refractivity contribution in [2.75, 3.05) is 32.0 Å². The molecule has 0 amide bonds. The maximum absolute atomic E-state index is 5.98. The van der Waals surface area contributed by atoms with Gasteiger partial charge in [0.1, 0.15) is 11.9 Å². The third kappa shape index (κ3) is 3.68. The second-order valence-electron chi connectivity index (χ2n) is 5.14. The van der Waals surface area contributed by atoms with E-state index in [0.29, 0.717) is 5.82 Å². The first-order chi connectivity index (χ1) is 9.65. The molecule has 0 aliphatic carbocycles. The Morgan fingerprint density at radius 3 is 2.85 bits per heavy atom. The maximum Gasteiger partial charge on any atom is 0.161 e. The van der Waals surface area contributed by atoms with Crippen molar-refractivity contribution in [2.24, 2.45) is 0 Å². The highest BCUT2D eigenvalue weighted by molar-refractivity contribution is 9.10. The summed E-state index contributed by atoms with van der Waals surface area (Å²) < 4.78 is 6.65. The predicted molar refractivity (Wildman–Crippen MR) is 83.6 cm³/mol. The summed E-state index contributed by atoms with van der Waals surface area (Å²) >= 11 is 3.47. The standard InChI is InChI=1S/C14H23BrN4O/c1-3-5-10-12(15)13(16)18-14(17-10)11-9-19(6-4-2)7-8-20-11/h11H,3-9H2,1-2H3,(H2,16,17,18). The van der Waals surface area contributed by atoms with Gasteiger partial charge in [0.2, 0.25) is 0 Å². The van der Waals surface area contributed by atoms with E-state index in [-0.39, 0.29) is 6.10 Å². The van der Waals surface area contributed by atoms with Crippen LogP contribution in [0.25, 0.3) is 0 Å². The summed E-state index contributed by atoms with van der Waals surface area (Å²) in [4.78, 5) is 11.5. The van der Waals surface area contributed by atoms with E-state index in [9.17, 15) is 0 Å². The lowest BCUT2D eigenvalue weighted by Crippen LogP contribution is -2.39. The number of morpholine rings is 1. The number of aryl methyl sites for hydroxylation is 1. The molecule has 0 bridgehead atoms. The van der Waals surface area contributed by atoms with Gasteiger partial charge >= 0.3 is 0 Å². The molecule has 0 saturated carbocycles. The van der Waals surface area contributed by atoms with Crippen LogP contribution in [0.5, 0.6) is 0 Å². The van der Waals surface area contributed by atoms with E-state index in [0.717, 1.165) is 61.5 Å². The highest BCUT2D eigenvalue weighted by Crippen LogP contribution is 2.26. The minimum absolute atomic E-state index is 0.0682. The summed E-state index contributed by atoms with van der Waals surface area (Å²) in [6.07, 6.45) is 3.01. The van der Waals surface area contributed by atoms with Gasteiger partial charge in [-0.05, 0) is 35.3 Å². The average Bonchev–Trinajstić information content (AvgIpc) is 2.44. The van der Waals surface area contributed by atoms with Gasteiger partial charge < -0.3 is 10.5 Å². The van der Waals surface area contributed by atoms with E-state index in [1.165, 1.54) is 0 Å². The first-order valence-corrected chi connectivity index (χ1v) is 8.10. The van der Waals surface area contributed by atoms with Gasteiger partial charge in [0, 0.05) is 13.1 Å². The highest BCUT2D eigenvalue weighted by Gasteiger charge is 2.25. The molecule has 0 aromatic carbocycles. The van der Waals surface area contributed by atoms with Gasteiger partial charge in [-0.2, -0.15) is 0 Å². The molecule has 1 aliphatic rings. The van der Waals surface area contributed by atoms with Gasteiger partial charge in [0.05, 0.1) is 16.8 Å². The molecule has 1 saturated heterocycles. The van der Waals surface area contributed by atoms with E-state index in [1.807, 2.05) is 0 Å². The number of nitrogens with zero attached hydrogens (tertiary/aromatic N) is 3. The van der Waals surface area contributed by atoms with Crippen molar-refractivity contribution < 1.29 is 4.74 Å². The molecule has 6 heteroatoms. The molecule has 5 nitrogen and oxygen atoms in total. The van der Waals surface area contributed by atoms with Crippen molar-refractivity contribution in [2.45, 2.75) is 39.2 Å². The Bertz CT molecular complexity index is 453. The van der Waals surface area contributed by atoms with E-state index in [4.69, 9.17) is 10.5 Å². The van der Waals surface area contributed by atoms with Gasteiger partial charge in [-0.3, -0.25) is 4.90 Å². The summed E-state index contributed by atoms with van der Waals surface area (Å²) in [5.74, 6) is 1.23. The molecule has 0 spiro atoms. The molecule has 1 aromatic rings. The molecule has 1 aliphatic heterocycles. The third-order valence-corrected chi connectivity index (χ3v) is 4.29. The molecule has 0 radical (unpaired) electrons. The monoisotopic (exact) mass is 342 g/mol. The van der Waals surface area contributed by atoms with Crippen LogP contribution in [0.4, 0.5) is 5.82 Å². The molecule has 112 valence electrons.